The molecule has 4 unspecified atom stereocenters. The molecule has 17 heavy (non-hydrogen) atoms. The fourth-order valence-corrected chi connectivity index (χ4v) is 1.87. The first-order valence-electron chi connectivity index (χ1n) is 5.15. The van der Waals surface area contributed by atoms with Crippen molar-refractivity contribution >= 4 is 0 Å². The van der Waals surface area contributed by atoms with Crippen LogP contribution in [-0.2, 0) is 0 Å². The fourth-order valence-electron chi connectivity index (χ4n) is 1.87. The molecule has 0 saturated carbocycles. The van der Waals surface area contributed by atoms with E-state index in [-0.39, 0.29) is 0 Å². The minimum absolute atomic E-state index is 1.12. The van der Waals surface area contributed by atoms with Crippen LogP contribution >= 0.6 is 0 Å². The van der Waals surface area contributed by atoms with Crippen molar-refractivity contribution in [2.75, 3.05) is 0 Å². The van der Waals surface area contributed by atoms with Gasteiger partial charge in [0.1, 0.15) is 0 Å². The Morgan fingerprint density at radius 3 is 0.882 bits per heavy atom. The summed E-state index contributed by atoms with van der Waals surface area (Å²) in [4.78, 5) is 0. The lowest BCUT2D eigenvalue weighted by atomic mass is 9.67. The van der Waals surface area contributed by atoms with Gasteiger partial charge in [0.05, 0.1) is 29.8 Å². The predicted octanol–water partition coefficient (Wildman–Crippen LogP) is 0.160. The van der Waals surface area contributed by atoms with Crippen molar-refractivity contribution in [3.8, 4) is 0 Å². The first-order valence-corrected chi connectivity index (χ1v) is 5.15. The zero-order valence-electron chi connectivity index (χ0n) is 9.74. The highest BCUT2D eigenvalue weighted by Gasteiger charge is 2.51. The zero-order chi connectivity index (χ0) is 13.6. The lowest BCUT2D eigenvalue weighted by Gasteiger charge is -2.44. The predicted molar refractivity (Wildman–Crippen MR) is 67.2 cm³/mol. The van der Waals surface area contributed by atoms with Gasteiger partial charge in [0, 0.05) is 0 Å². The summed E-state index contributed by atoms with van der Waals surface area (Å²) in [6.45, 7) is 13.6. The first kappa shape index (κ1) is 15.8. The van der Waals surface area contributed by atoms with Crippen molar-refractivity contribution in [3.63, 3.8) is 0 Å². The van der Waals surface area contributed by atoms with E-state index in [9.17, 15) is 20.4 Å². The van der Waals surface area contributed by atoms with Gasteiger partial charge in [0.25, 0.3) is 0 Å². The minimum Gasteiger partial charge on any atom is -0.388 e. The summed E-state index contributed by atoms with van der Waals surface area (Å²) in [7, 11) is 0. The van der Waals surface area contributed by atoms with Crippen LogP contribution in [0.2, 0.25) is 0 Å². The van der Waals surface area contributed by atoms with Gasteiger partial charge in [-0.3, -0.25) is 0 Å². The van der Waals surface area contributed by atoms with Crippen LogP contribution in [0.25, 0.3) is 0 Å². The number of hydrogen-bond donors (Lipinski definition) is 4. The molecule has 0 fully saturated rings. The van der Waals surface area contributed by atoms with Crippen molar-refractivity contribution in [2.24, 2.45) is 5.41 Å². The maximum absolute atomic E-state index is 9.93. The summed E-state index contributed by atoms with van der Waals surface area (Å²) >= 11 is 0. The van der Waals surface area contributed by atoms with E-state index in [1.54, 1.807) is 0 Å². The lowest BCUT2D eigenvalue weighted by molar-refractivity contribution is -0.140. The molecule has 4 heteroatoms. The van der Waals surface area contributed by atoms with Crippen molar-refractivity contribution < 1.29 is 20.4 Å². The summed E-state index contributed by atoms with van der Waals surface area (Å²) in [5.74, 6) is 0. The SMILES string of the molecule is C=CC(O)C(C(O)C=C)(C(O)C=C)C(O)C=C. The third-order valence-electron chi connectivity index (χ3n) is 2.94. The molecule has 0 radical (unpaired) electrons. The minimum atomic E-state index is -1.72. The molecule has 0 aromatic heterocycles. The molecule has 4 nitrogen and oxygen atoms in total. The van der Waals surface area contributed by atoms with E-state index >= 15 is 0 Å². The second-order valence-corrected chi connectivity index (χ2v) is 3.72. The van der Waals surface area contributed by atoms with E-state index in [2.05, 4.69) is 26.3 Å². The lowest BCUT2D eigenvalue weighted by Crippen LogP contribution is -2.58. The van der Waals surface area contributed by atoms with Crippen LogP contribution in [0.1, 0.15) is 0 Å². The molecule has 0 amide bonds. The maximum atomic E-state index is 9.93. The van der Waals surface area contributed by atoms with Crippen molar-refractivity contribution in [2.45, 2.75) is 24.4 Å². The molecule has 0 spiro atoms. The van der Waals surface area contributed by atoms with E-state index in [4.69, 9.17) is 0 Å². The summed E-state index contributed by atoms with van der Waals surface area (Å²) in [6.07, 6.45) is -0.989. The summed E-state index contributed by atoms with van der Waals surface area (Å²) < 4.78 is 0. The first-order chi connectivity index (χ1) is 7.93. The Morgan fingerprint density at radius 1 is 0.588 bits per heavy atom. The monoisotopic (exact) mass is 240 g/mol. The molecule has 4 N–H and O–H groups in total. The molecule has 0 bridgehead atoms. The smallest absolute Gasteiger partial charge is 0.0882 e. The van der Waals surface area contributed by atoms with Crippen molar-refractivity contribution in [1.82, 2.24) is 0 Å². The van der Waals surface area contributed by atoms with E-state index in [1.807, 2.05) is 0 Å². The average molecular weight is 240 g/mol. The topological polar surface area (TPSA) is 80.9 Å². The maximum Gasteiger partial charge on any atom is 0.0882 e. The van der Waals surface area contributed by atoms with Crippen LogP contribution in [0.5, 0.6) is 0 Å². The van der Waals surface area contributed by atoms with E-state index in [0.29, 0.717) is 0 Å². The Bertz CT molecular complexity index is 236. The number of rotatable bonds is 8. The molecule has 0 aromatic carbocycles. The molecule has 0 saturated heterocycles. The van der Waals surface area contributed by atoms with Crippen LogP contribution in [0.4, 0.5) is 0 Å². The third kappa shape index (κ3) is 2.56. The van der Waals surface area contributed by atoms with Gasteiger partial charge in [-0.1, -0.05) is 24.3 Å². The average Bonchev–Trinajstić information content (AvgIpc) is 2.37. The molecule has 4 atom stereocenters. The Labute approximate surface area is 102 Å². The molecular formula is C13H20O4. The quantitative estimate of drug-likeness (QED) is 0.456. The highest BCUT2D eigenvalue weighted by Crippen LogP contribution is 2.37. The van der Waals surface area contributed by atoms with E-state index < -0.39 is 29.8 Å². The van der Waals surface area contributed by atoms with Gasteiger partial charge in [0.2, 0.25) is 0 Å². The van der Waals surface area contributed by atoms with Crippen LogP contribution in [0.15, 0.2) is 50.6 Å². The van der Waals surface area contributed by atoms with Crippen LogP contribution in [-0.4, -0.2) is 44.8 Å². The van der Waals surface area contributed by atoms with Gasteiger partial charge >= 0.3 is 0 Å². The van der Waals surface area contributed by atoms with Gasteiger partial charge in [-0.25, -0.2) is 0 Å². The largest absolute Gasteiger partial charge is 0.388 e. The molecule has 0 aromatic rings. The number of aliphatic hydroxyl groups is 4. The molecule has 0 heterocycles. The molecular weight excluding hydrogens is 220 g/mol. The zero-order valence-corrected chi connectivity index (χ0v) is 9.74. The highest BCUT2D eigenvalue weighted by molar-refractivity contribution is 5.17. The van der Waals surface area contributed by atoms with Gasteiger partial charge in [-0.15, -0.1) is 26.3 Å². The van der Waals surface area contributed by atoms with Crippen molar-refractivity contribution in [1.29, 1.82) is 0 Å². The second kappa shape index (κ2) is 6.51. The van der Waals surface area contributed by atoms with Crippen LogP contribution < -0.4 is 0 Å². The Kier molecular flexibility index (Phi) is 6.05. The Morgan fingerprint density at radius 2 is 0.765 bits per heavy atom. The molecule has 96 valence electrons. The van der Waals surface area contributed by atoms with Gasteiger partial charge in [-0.05, 0) is 0 Å². The fraction of sp³-hybridized carbons (Fsp3) is 0.385. The molecule has 0 rings (SSSR count). The molecule has 0 aliphatic rings. The number of aliphatic hydroxyl groups excluding tert-OH is 4. The molecule has 0 aliphatic carbocycles. The van der Waals surface area contributed by atoms with E-state index in [1.165, 1.54) is 0 Å². The van der Waals surface area contributed by atoms with Gasteiger partial charge in [-0.2, -0.15) is 0 Å². The van der Waals surface area contributed by atoms with Gasteiger partial charge in [0.15, 0.2) is 0 Å². The number of hydrogen-bond acceptors (Lipinski definition) is 4. The summed E-state index contributed by atoms with van der Waals surface area (Å²) in [6, 6.07) is 0. The van der Waals surface area contributed by atoms with Crippen LogP contribution in [0.3, 0.4) is 0 Å². The normalized spacial score (nSPS) is 21.4. The summed E-state index contributed by atoms with van der Waals surface area (Å²) in [5.41, 5.74) is -1.72. The van der Waals surface area contributed by atoms with Crippen molar-refractivity contribution in [3.05, 3.63) is 50.6 Å². The standard InChI is InChI=1S/C13H20O4/c1-5-9(14)13(10(15)6-2,11(16)7-3)12(17)8-4/h5-12,14-17H,1-4H2. The Hall–Kier alpha value is -1.20. The van der Waals surface area contributed by atoms with Gasteiger partial charge < -0.3 is 20.4 Å². The third-order valence-corrected chi connectivity index (χ3v) is 2.94. The molecule has 0 aliphatic heterocycles. The highest BCUT2D eigenvalue weighted by atomic mass is 16.3. The van der Waals surface area contributed by atoms with Crippen LogP contribution in [0, 0.1) is 5.41 Å². The summed E-state index contributed by atoms with van der Waals surface area (Å²) in [5, 5.41) is 39.7. The second-order valence-electron chi connectivity index (χ2n) is 3.72. The van der Waals surface area contributed by atoms with E-state index in [0.717, 1.165) is 24.3 Å². The Balaban J connectivity index is 5.84.